The second kappa shape index (κ2) is 15.5. The van der Waals surface area contributed by atoms with Gasteiger partial charge in [0, 0.05) is 83.1 Å². The summed E-state index contributed by atoms with van der Waals surface area (Å²) in [5.41, 5.74) is 3.47. The molecule has 0 radical (unpaired) electrons. The normalized spacial score (nSPS) is 21.4. The summed E-state index contributed by atoms with van der Waals surface area (Å²) in [5, 5.41) is 8.31. The Bertz CT molecular complexity index is 1570. The number of piperidine rings is 1. The van der Waals surface area contributed by atoms with Gasteiger partial charge in [0.05, 0.1) is 36.8 Å². The average molecular weight is 669 g/mol. The van der Waals surface area contributed by atoms with E-state index in [4.69, 9.17) is 14.3 Å². The van der Waals surface area contributed by atoms with Gasteiger partial charge >= 0.3 is 0 Å². The minimum Gasteiger partial charge on any atom is -0.494 e. The minimum atomic E-state index is -0.267. The van der Waals surface area contributed by atoms with Gasteiger partial charge in [-0.2, -0.15) is 0 Å². The molecule has 4 fully saturated rings. The molecule has 0 bridgehead atoms. The van der Waals surface area contributed by atoms with Crippen molar-refractivity contribution in [3.8, 4) is 5.75 Å². The Morgan fingerprint density at radius 3 is 2.29 bits per heavy atom. The number of amides is 1. The number of benzene rings is 2. The van der Waals surface area contributed by atoms with Gasteiger partial charge in [-0.15, -0.1) is 0 Å². The first-order chi connectivity index (χ1) is 24.1. The van der Waals surface area contributed by atoms with Crippen LogP contribution in [0, 0.1) is 0 Å². The van der Waals surface area contributed by atoms with Gasteiger partial charge in [-0.1, -0.05) is 36.9 Å². The first kappa shape index (κ1) is 33.3. The molecular formula is C37H48N8O4. The molecule has 12 heteroatoms. The van der Waals surface area contributed by atoms with Crippen LogP contribution in [-0.2, 0) is 14.4 Å². The van der Waals surface area contributed by atoms with E-state index in [0.29, 0.717) is 47.5 Å². The predicted molar refractivity (Wildman–Crippen MR) is 192 cm³/mol. The summed E-state index contributed by atoms with van der Waals surface area (Å²) in [7, 11) is 1.66. The number of carbonyl (C=O) groups excluding carboxylic acids is 1. The van der Waals surface area contributed by atoms with E-state index in [0.717, 1.165) is 90.3 Å². The van der Waals surface area contributed by atoms with Crippen LogP contribution in [0.2, 0.25) is 0 Å². The van der Waals surface area contributed by atoms with Crippen LogP contribution < -0.4 is 25.3 Å². The third-order valence-electron chi connectivity index (χ3n) is 10.4. The lowest BCUT2D eigenvalue weighted by molar-refractivity contribution is -0.111. The fourth-order valence-electron chi connectivity index (χ4n) is 7.72. The monoisotopic (exact) mass is 668 g/mol. The number of methoxy groups -OCH3 is 1. The summed E-state index contributed by atoms with van der Waals surface area (Å²) in [4.78, 5) is 35.4. The van der Waals surface area contributed by atoms with Crippen LogP contribution in [0.3, 0.4) is 0 Å². The SMILES string of the molecule is C=CC(=O)Nc1cc(Nc2cc(N3OCCC3c3ccccc3)ncn2)c(OC)cc1N1CCC(N2CCN(C3CCOCC3)CC2)CC1. The summed E-state index contributed by atoms with van der Waals surface area (Å²) in [6.45, 7) is 12.4. The largest absolute Gasteiger partial charge is 0.494 e. The zero-order valence-electron chi connectivity index (χ0n) is 28.4. The highest BCUT2D eigenvalue weighted by Gasteiger charge is 2.32. The molecule has 4 aliphatic rings. The number of nitrogens with one attached hydrogen (secondary N) is 2. The highest BCUT2D eigenvalue weighted by molar-refractivity contribution is 6.02. The van der Waals surface area contributed by atoms with Crippen LogP contribution in [0.1, 0.15) is 43.7 Å². The maximum Gasteiger partial charge on any atom is 0.247 e. The first-order valence-electron chi connectivity index (χ1n) is 17.6. The van der Waals surface area contributed by atoms with E-state index in [9.17, 15) is 4.79 Å². The number of aromatic nitrogens is 2. The van der Waals surface area contributed by atoms with Gasteiger partial charge < -0.3 is 25.0 Å². The van der Waals surface area contributed by atoms with Crippen LogP contribution in [0.5, 0.6) is 5.75 Å². The van der Waals surface area contributed by atoms with E-state index in [1.54, 1.807) is 7.11 Å². The topological polar surface area (TPSA) is 108 Å². The van der Waals surface area contributed by atoms with E-state index in [1.807, 2.05) is 41.5 Å². The maximum atomic E-state index is 12.6. The van der Waals surface area contributed by atoms with Crippen molar-refractivity contribution in [2.75, 3.05) is 86.8 Å². The molecular weight excluding hydrogens is 620 g/mol. The predicted octanol–water partition coefficient (Wildman–Crippen LogP) is 5.00. The Labute approximate surface area is 289 Å². The second-order valence-electron chi connectivity index (χ2n) is 13.2. The third-order valence-corrected chi connectivity index (χ3v) is 10.4. The fraction of sp³-hybridized carbons (Fsp3) is 0.486. The number of hydroxylamine groups is 1. The Hall–Kier alpha value is -4.23. The van der Waals surface area contributed by atoms with E-state index < -0.39 is 0 Å². The summed E-state index contributed by atoms with van der Waals surface area (Å²) < 4.78 is 11.5. The fourth-order valence-corrected chi connectivity index (χ4v) is 7.72. The second-order valence-corrected chi connectivity index (χ2v) is 13.2. The number of piperazine rings is 1. The highest BCUT2D eigenvalue weighted by atomic mass is 16.7. The van der Waals surface area contributed by atoms with Crippen molar-refractivity contribution < 1.29 is 19.1 Å². The van der Waals surface area contributed by atoms with Gasteiger partial charge in [-0.3, -0.25) is 19.4 Å². The maximum absolute atomic E-state index is 12.6. The molecule has 3 aromatic rings. The Morgan fingerprint density at radius 2 is 1.59 bits per heavy atom. The van der Waals surface area contributed by atoms with Crippen molar-refractivity contribution in [3.05, 3.63) is 73.1 Å². The third kappa shape index (κ3) is 7.67. The van der Waals surface area contributed by atoms with E-state index in [2.05, 4.69) is 54.0 Å². The van der Waals surface area contributed by atoms with Crippen LogP contribution in [-0.4, -0.2) is 104 Å². The van der Waals surface area contributed by atoms with Gasteiger partial charge in [-0.25, -0.2) is 15.0 Å². The molecule has 260 valence electrons. The standard InChI is InChI=1S/C37H48N8O4/c1-3-37(46)41-30-23-31(40-35-25-36(39-26-38-35)45-32(13-22-49-45)27-7-5-4-6-8-27)34(47-2)24-33(30)44-14-9-28(10-15-44)42-16-18-43(19-17-42)29-11-20-48-21-12-29/h3-8,23-26,28-29,32H,1,9-22H2,2H3,(H,41,46)(H,38,39,40). The van der Waals surface area contributed by atoms with Gasteiger partial charge in [0.25, 0.3) is 0 Å². The molecule has 1 amide bonds. The van der Waals surface area contributed by atoms with Crippen molar-refractivity contribution >= 4 is 34.6 Å². The Kier molecular flexibility index (Phi) is 10.6. The molecule has 4 saturated heterocycles. The lowest BCUT2D eigenvalue weighted by Gasteiger charge is -2.45. The highest BCUT2D eigenvalue weighted by Crippen LogP contribution is 2.40. The molecule has 5 heterocycles. The molecule has 0 spiro atoms. The molecule has 1 unspecified atom stereocenters. The number of hydrogen-bond donors (Lipinski definition) is 2. The van der Waals surface area contributed by atoms with Gasteiger partial charge in [0.2, 0.25) is 5.91 Å². The van der Waals surface area contributed by atoms with Crippen LogP contribution in [0.4, 0.5) is 28.7 Å². The summed E-state index contributed by atoms with van der Waals surface area (Å²) in [5.74, 6) is 1.62. The zero-order chi connectivity index (χ0) is 33.6. The molecule has 1 aromatic heterocycles. The lowest BCUT2D eigenvalue weighted by atomic mass is 10.00. The van der Waals surface area contributed by atoms with E-state index in [-0.39, 0.29) is 11.9 Å². The van der Waals surface area contributed by atoms with Crippen molar-refractivity contribution in [3.63, 3.8) is 0 Å². The smallest absolute Gasteiger partial charge is 0.247 e. The summed E-state index contributed by atoms with van der Waals surface area (Å²) in [6.07, 6.45) is 8.14. The van der Waals surface area contributed by atoms with Crippen molar-refractivity contribution in [2.45, 2.75) is 50.2 Å². The van der Waals surface area contributed by atoms with Crippen LogP contribution in [0.15, 0.2) is 67.5 Å². The number of anilines is 5. The zero-order valence-corrected chi connectivity index (χ0v) is 28.4. The minimum absolute atomic E-state index is 0.0596. The number of nitrogens with zero attached hydrogens (tertiary/aromatic N) is 6. The van der Waals surface area contributed by atoms with Gasteiger partial charge in [0.15, 0.2) is 5.82 Å². The molecule has 7 rings (SSSR count). The molecule has 2 N–H and O–H groups in total. The number of hydrogen-bond acceptors (Lipinski definition) is 11. The molecule has 49 heavy (non-hydrogen) atoms. The van der Waals surface area contributed by atoms with Gasteiger partial charge in [0.1, 0.15) is 17.9 Å². The first-order valence-corrected chi connectivity index (χ1v) is 17.6. The average Bonchev–Trinajstić information content (AvgIpc) is 3.66. The molecule has 12 nitrogen and oxygen atoms in total. The number of ether oxygens (including phenoxy) is 2. The molecule has 0 saturated carbocycles. The van der Waals surface area contributed by atoms with Crippen LogP contribution in [0.25, 0.3) is 0 Å². The molecule has 2 aromatic carbocycles. The number of carbonyl (C=O) groups is 1. The van der Waals surface area contributed by atoms with Crippen molar-refractivity contribution in [1.82, 2.24) is 19.8 Å². The molecule has 1 atom stereocenters. The van der Waals surface area contributed by atoms with E-state index in [1.165, 1.54) is 18.0 Å². The Balaban J connectivity index is 1.05. The van der Waals surface area contributed by atoms with Crippen LogP contribution >= 0.6 is 0 Å². The van der Waals surface area contributed by atoms with Gasteiger partial charge in [-0.05, 0) is 43.4 Å². The van der Waals surface area contributed by atoms with E-state index >= 15 is 0 Å². The quantitative estimate of drug-likeness (QED) is 0.285. The number of rotatable bonds is 10. The molecule has 4 aliphatic heterocycles. The Morgan fingerprint density at radius 1 is 0.878 bits per heavy atom. The van der Waals surface area contributed by atoms with Crippen molar-refractivity contribution in [2.24, 2.45) is 0 Å². The molecule has 0 aliphatic carbocycles. The summed E-state index contributed by atoms with van der Waals surface area (Å²) in [6, 6.07) is 17.4. The lowest BCUT2D eigenvalue weighted by Crippen LogP contribution is -2.55. The van der Waals surface area contributed by atoms with Crippen molar-refractivity contribution in [1.29, 1.82) is 0 Å². The summed E-state index contributed by atoms with van der Waals surface area (Å²) >= 11 is 0.